The van der Waals surface area contributed by atoms with E-state index in [1.807, 2.05) is 66.7 Å². The van der Waals surface area contributed by atoms with Crippen LogP contribution in [0.25, 0.3) is 11.1 Å². The molecule has 0 aliphatic rings. The highest BCUT2D eigenvalue weighted by Crippen LogP contribution is 2.31. The van der Waals surface area contributed by atoms with E-state index in [9.17, 15) is 5.11 Å². The van der Waals surface area contributed by atoms with Crippen molar-refractivity contribution in [1.29, 1.82) is 0 Å². The maximum absolute atomic E-state index is 10.1. The second-order valence-electron chi connectivity index (χ2n) is 4.82. The van der Waals surface area contributed by atoms with Gasteiger partial charge in [-0.15, -0.1) is 0 Å². The lowest BCUT2D eigenvalue weighted by atomic mass is 10.1. The summed E-state index contributed by atoms with van der Waals surface area (Å²) in [6.45, 7) is 0.444. The van der Waals surface area contributed by atoms with E-state index >= 15 is 0 Å². The van der Waals surface area contributed by atoms with Crippen LogP contribution in [-0.2, 0) is 6.61 Å². The number of ether oxygens (including phenoxy) is 1. The number of benzene rings is 3. The molecule has 0 atom stereocenters. The summed E-state index contributed by atoms with van der Waals surface area (Å²) in [4.78, 5) is 0. The molecule has 21 heavy (non-hydrogen) atoms. The van der Waals surface area contributed by atoms with Gasteiger partial charge in [-0.1, -0.05) is 66.7 Å². The molecule has 104 valence electrons. The molecule has 1 N–H and O–H groups in total. The zero-order chi connectivity index (χ0) is 14.5. The van der Waals surface area contributed by atoms with Gasteiger partial charge in [-0.3, -0.25) is 0 Å². The molecule has 0 heterocycles. The average molecular weight is 276 g/mol. The fraction of sp³-hybridized carbons (Fsp3) is 0.0526. The highest BCUT2D eigenvalue weighted by molar-refractivity contribution is 5.66. The third kappa shape index (κ3) is 3.23. The molecular weight excluding hydrogens is 260 g/mol. The minimum absolute atomic E-state index is 0.160. The van der Waals surface area contributed by atoms with Gasteiger partial charge in [0.25, 0.3) is 0 Å². The van der Waals surface area contributed by atoms with E-state index in [4.69, 9.17) is 4.74 Å². The van der Waals surface area contributed by atoms with Crippen molar-refractivity contribution in [3.05, 3.63) is 84.4 Å². The molecule has 0 aromatic heterocycles. The molecule has 0 saturated heterocycles. The molecule has 0 aliphatic heterocycles. The van der Waals surface area contributed by atoms with Crippen LogP contribution in [0, 0.1) is 0 Å². The Morgan fingerprint density at radius 2 is 1.38 bits per heavy atom. The third-order valence-corrected chi connectivity index (χ3v) is 3.30. The number of hydrogen-bond acceptors (Lipinski definition) is 2. The van der Waals surface area contributed by atoms with E-state index in [0.29, 0.717) is 12.4 Å². The maximum Gasteiger partial charge on any atom is 0.161 e. The molecule has 2 nitrogen and oxygen atoms in total. The van der Waals surface area contributed by atoms with E-state index < -0.39 is 0 Å². The lowest BCUT2D eigenvalue weighted by molar-refractivity contribution is 0.289. The molecule has 0 bridgehead atoms. The minimum atomic E-state index is 0.160. The van der Waals surface area contributed by atoms with Gasteiger partial charge >= 0.3 is 0 Å². The van der Waals surface area contributed by atoms with Crippen molar-refractivity contribution in [2.24, 2.45) is 0 Å². The number of hydrogen-bond donors (Lipinski definition) is 1. The molecule has 2 heteroatoms. The Labute approximate surface area is 124 Å². The summed E-state index contributed by atoms with van der Waals surface area (Å²) in [5.74, 6) is 0.658. The summed E-state index contributed by atoms with van der Waals surface area (Å²) in [6.07, 6.45) is 0. The van der Waals surface area contributed by atoms with Gasteiger partial charge in [0.15, 0.2) is 11.5 Å². The van der Waals surface area contributed by atoms with Crippen LogP contribution in [0.1, 0.15) is 5.56 Å². The quantitative estimate of drug-likeness (QED) is 0.752. The zero-order valence-corrected chi connectivity index (χ0v) is 11.6. The first-order valence-electron chi connectivity index (χ1n) is 6.88. The number of aromatic hydroxyl groups is 1. The highest BCUT2D eigenvalue weighted by Gasteiger charge is 2.05. The Hall–Kier alpha value is -2.74. The van der Waals surface area contributed by atoms with Crippen LogP contribution >= 0.6 is 0 Å². The Balaban J connectivity index is 1.76. The minimum Gasteiger partial charge on any atom is -0.504 e. The van der Waals surface area contributed by atoms with Crippen LogP contribution in [0.2, 0.25) is 0 Å². The molecule has 3 aromatic rings. The van der Waals surface area contributed by atoms with Crippen LogP contribution in [0.3, 0.4) is 0 Å². The van der Waals surface area contributed by atoms with Gasteiger partial charge < -0.3 is 9.84 Å². The molecule has 0 amide bonds. The molecule has 0 aliphatic carbocycles. The fourth-order valence-electron chi connectivity index (χ4n) is 2.18. The first-order valence-corrected chi connectivity index (χ1v) is 6.88. The summed E-state index contributed by atoms with van der Waals surface area (Å²) < 4.78 is 5.66. The van der Waals surface area contributed by atoms with Gasteiger partial charge in [0.2, 0.25) is 0 Å². The number of rotatable bonds is 4. The molecule has 0 fully saturated rings. The van der Waals surface area contributed by atoms with Gasteiger partial charge in [-0.25, -0.2) is 0 Å². The van der Waals surface area contributed by atoms with E-state index in [2.05, 4.69) is 0 Å². The Morgan fingerprint density at radius 3 is 2.05 bits per heavy atom. The van der Waals surface area contributed by atoms with Crippen molar-refractivity contribution in [3.8, 4) is 22.6 Å². The predicted octanol–water partition coefficient (Wildman–Crippen LogP) is 4.64. The summed E-state index contributed by atoms with van der Waals surface area (Å²) in [5.41, 5.74) is 3.12. The summed E-state index contributed by atoms with van der Waals surface area (Å²) in [5, 5.41) is 10.1. The van der Waals surface area contributed by atoms with Crippen molar-refractivity contribution in [2.75, 3.05) is 0 Å². The van der Waals surface area contributed by atoms with Crippen LogP contribution in [0.15, 0.2) is 78.9 Å². The first kappa shape index (κ1) is 13.3. The molecule has 0 spiro atoms. The van der Waals surface area contributed by atoms with Gasteiger partial charge in [-0.2, -0.15) is 0 Å². The molecule has 0 saturated carbocycles. The molecule has 3 aromatic carbocycles. The second kappa shape index (κ2) is 6.14. The molecule has 0 radical (unpaired) electrons. The van der Waals surface area contributed by atoms with Crippen LogP contribution < -0.4 is 4.74 Å². The van der Waals surface area contributed by atoms with E-state index in [1.54, 1.807) is 12.1 Å². The summed E-state index contributed by atoms with van der Waals surface area (Å²) in [7, 11) is 0. The normalized spacial score (nSPS) is 10.3. The lowest BCUT2D eigenvalue weighted by Gasteiger charge is -2.10. The molecule has 3 rings (SSSR count). The maximum atomic E-state index is 10.1. The van der Waals surface area contributed by atoms with Crippen molar-refractivity contribution in [3.63, 3.8) is 0 Å². The monoisotopic (exact) mass is 276 g/mol. The van der Waals surface area contributed by atoms with Crippen molar-refractivity contribution in [2.45, 2.75) is 6.61 Å². The van der Waals surface area contributed by atoms with Crippen LogP contribution in [0.4, 0.5) is 0 Å². The lowest BCUT2D eigenvalue weighted by Crippen LogP contribution is -1.95. The predicted molar refractivity (Wildman–Crippen MR) is 84.3 cm³/mol. The number of phenolic OH excluding ortho intramolecular Hbond substituents is 1. The van der Waals surface area contributed by atoms with E-state index in [0.717, 1.165) is 16.7 Å². The van der Waals surface area contributed by atoms with Gasteiger partial charge in [-0.05, 0) is 28.8 Å². The number of phenols is 1. The average Bonchev–Trinajstić information content (AvgIpc) is 2.55. The third-order valence-electron chi connectivity index (χ3n) is 3.30. The molecule has 0 unspecified atom stereocenters. The van der Waals surface area contributed by atoms with Crippen molar-refractivity contribution < 1.29 is 9.84 Å². The first-order chi connectivity index (χ1) is 10.3. The zero-order valence-electron chi connectivity index (χ0n) is 11.6. The summed E-state index contributed by atoms with van der Waals surface area (Å²) in [6, 6.07) is 25.3. The van der Waals surface area contributed by atoms with E-state index in [1.165, 1.54) is 0 Å². The molecular formula is C19H16O2. The Bertz CT molecular complexity index is 706. The van der Waals surface area contributed by atoms with Crippen LogP contribution in [0.5, 0.6) is 11.5 Å². The van der Waals surface area contributed by atoms with Crippen molar-refractivity contribution >= 4 is 0 Å². The fourth-order valence-corrected chi connectivity index (χ4v) is 2.18. The van der Waals surface area contributed by atoms with Gasteiger partial charge in [0, 0.05) is 0 Å². The largest absolute Gasteiger partial charge is 0.504 e. The highest BCUT2D eigenvalue weighted by atomic mass is 16.5. The van der Waals surface area contributed by atoms with Crippen molar-refractivity contribution in [1.82, 2.24) is 0 Å². The van der Waals surface area contributed by atoms with Gasteiger partial charge in [0.1, 0.15) is 6.61 Å². The smallest absolute Gasteiger partial charge is 0.161 e. The Kier molecular flexibility index (Phi) is 3.88. The summed E-state index contributed by atoms with van der Waals surface area (Å²) >= 11 is 0. The second-order valence-corrected chi connectivity index (χ2v) is 4.82. The Morgan fingerprint density at radius 1 is 0.714 bits per heavy atom. The SMILES string of the molecule is Oc1cc(-c2ccccc2)ccc1OCc1ccccc1. The van der Waals surface area contributed by atoms with E-state index in [-0.39, 0.29) is 5.75 Å². The standard InChI is InChI=1S/C19H16O2/c20-18-13-17(16-9-5-2-6-10-16)11-12-19(18)21-14-15-7-3-1-4-8-15/h1-13,20H,14H2. The van der Waals surface area contributed by atoms with Gasteiger partial charge in [0.05, 0.1) is 0 Å². The topological polar surface area (TPSA) is 29.5 Å². The van der Waals surface area contributed by atoms with Crippen LogP contribution in [-0.4, -0.2) is 5.11 Å².